The fourth-order valence-electron chi connectivity index (χ4n) is 2.23. The third-order valence-corrected chi connectivity index (χ3v) is 6.68. The molecular formula is C14H24N2O2S2. The van der Waals surface area contributed by atoms with Crippen molar-refractivity contribution in [2.24, 2.45) is 0 Å². The van der Waals surface area contributed by atoms with Gasteiger partial charge in [-0.1, -0.05) is 13.8 Å². The van der Waals surface area contributed by atoms with Crippen LogP contribution >= 0.6 is 11.3 Å². The molecule has 0 saturated heterocycles. The highest BCUT2D eigenvalue weighted by Gasteiger charge is 2.26. The van der Waals surface area contributed by atoms with E-state index in [0.29, 0.717) is 17.5 Å². The first-order valence-electron chi connectivity index (χ1n) is 7.30. The SMILES string of the molecule is CCC(CC)NS(=O)(=O)c1c(C)csc1CNC1CC1. The zero-order chi connectivity index (χ0) is 14.8. The fourth-order valence-corrected chi connectivity index (χ4v) is 5.39. The zero-order valence-corrected chi connectivity index (χ0v) is 14.0. The van der Waals surface area contributed by atoms with E-state index in [1.807, 2.05) is 26.2 Å². The Labute approximate surface area is 126 Å². The number of rotatable bonds is 8. The van der Waals surface area contributed by atoms with Gasteiger partial charge in [-0.3, -0.25) is 0 Å². The van der Waals surface area contributed by atoms with Crippen LogP contribution in [0.1, 0.15) is 50.0 Å². The maximum atomic E-state index is 12.6. The summed E-state index contributed by atoms with van der Waals surface area (Å²) in [7, 11) is -3.41. The van der Waals surface area contributed by atoms with Crippen LogP contribution in [0.3, 0.4) is 0 Å². The van der Waals surface area contributed by atoms with Crippen LogP contribution in [0, 0.1) is 6.92 Å². The van der Waals surface area contributed by atoms with E-state index >= 15 is 0 Å². The normalized spacial score (nSPS) is 16.0. The maximum Gasteiger partial charge on any atom is 0.242 e. The highest BCUT2D eigenvalue weighted by atomic mass is 32.2. The third-order valence-electron chi connectivity index (χ3n) is 3.69. The summed E-state index contributed by atoms with van der Waals surface area (Å²) in [5.41, 5.74) is 0.848. The molecule has 0 aromatic carbocycles. The molecule has 0 unspecified atom stereocenters. The maximum absolute atomic E-state index is 12.6. The van der Waals surface area contributed by atoms with Gasteiger partial charge in [0.15, 0.2) is 0 Å². The van der Waals surface area contributed by atoms with E-state index in [0.717, 1.165) is 23.3 Å². The van der Waals surface area contributed by atoms with E-state index < -0.39 is 10.0 Å². The quantitative estimate of drug-likeness (QED) is 0.775. The highest BCUT2D eigenvalue weighted by Crippen LogP contribution is 2.28. The van der Waals surface area contributed by atoms with Crippen LogP contribution in [0.25, 0.3) is 0 Å². The molecule has 0 amide bonds. The van der Waals surface area contributed by atoms with Crippen LogP contribution in [-0.2, 0) is 16.6 Å². The number of sulfonamides is 1. The van der Waals surface area contributed by atoms with Gasteiger partial charge in [-0.15, -0.1) is 11.3 Å². The lowest BCUT2D eigenvalue weighted by Crippen LogP contribution is -2.34. The van der Waals surface area contributed by atoms with E-state index in [1.165, 1.54) is 24.2 Å². The molecule has 1 fully saturated rings. The predicted octanol–water partition coefficient (Wildman–Crippen LogP) is 2.78. The molecule has 1 aromatic rings. The van der Waals surface area contributed by atoms with Crippen LogP contribution in [-0.4, -0.2) is 20.5 Å². The minimum atomic E-state index is -3.41. The van der Waals surface area contributed by atoms with Crippen molar-refractivity contribution in [3.8, 4) is 0 Å². The largest absolute Gasteiger partial charge is 0.309 e. The lowest BCUT2D eigenvalue weighted by Gasteiger charge is -2.16. The first-order chi connectivity index (χ1) is 9.47. The molecule has 2 N–H and O–H groups in total. The molecule has 0 aliphatic heterocycles. The van der Waals surface area contributed by atoms with Crippen molar-refractivity contribution >= 4 is 21.4 Å². The molecule has 0 atom stereocenters. The summed E-state index contributed by atoms with van der Waals surface area (Å²) in [6.45, 7) is 6.54. The number of hydrogen-bond acceptors (Lipinski definition) is 4. The van der Waals surface area contributed by atoms with Crippen molar-refractivity contribution < 1.29 is 8.42 Å². The Kier molecular flexibility index (Phi) is 5.23. The molecule has 1 saturated carbocycles. The molecule has 1 aromatic heterocycles. The predicted molar refractivity (Wildman–Crippen MR) is 83.6 cm³/mol. The number of hydrogen-bond donors (Lipinski definition) is 2. The summed E-state index contributed by atoms with van der Waals surface area (Å²) in [6, 6.07) is 0.600. The van der Waals surface area contributed by atoms with Crippen molar-refractivity contribution in [3.05, 3.63) is 15.8 Å². The highest BCUT2D eigenvalue weighted by molar-refractivity contribution is 7.89. The molecule has 4 nitrogen and oxygen atoms in total. The van der Waals surface area contributed by atoms with E-state index in [1.54, 1.807) is 0 Å². The fraction of sp³-hybridized carbons (Fsp3) is 0.714. The molecule has 114 valence electrons. The van der Waals surface area contributed by atoms with E-state index in [-0.39, 0.29) is 6.04 Å². The first kappa shape index (κ1) is 15.9. The standard InChI is InChI=1S/C14H24N2O2S2/c1-4-11(5-2)16-20(17,18)14-10(3)9-19-13(14)8-15-12-6-7-12/h9,11-12,15-16H,4-8H2,1-3H3. The summed E-state index contributed by atoms with van der Waals surface area (Å²) < 4.78 is 28.0. The van der Waals surface area contributed by atoms with Gasteiger partial charge in [0.2, 0.25) is 10.0 Å². The Balaban J connectivity index is 2.18. The molecule has 6 heteroatoms. The molecule has 0 radical (unpaired) electrons. The van der Waals surface area contributed by atoms with Crippen molar-refractivity contribution in [3.63, 3.8) is 0 Å². The van der Waals surface area contributed by atoms with Crippen LogP contribution in [0.2, 0.25) is 0 Å². The van der Waals surface area contributed by atoms with E-state index in [2.05, 4.69) is 10.0 Å². The van der Waals surface area contributed by atoms with Crippen molar-refractivity contribution in [1.29, 1.82) is 0 Å². The van der Waals surface area contributed by atoms with Crippen molar-refractivity contribution in [2.75, 3.05) is 0 Å². The minimum Gasteiger partial charge on any atom is -0.309 e. The average Bonchev–Trinajstić information content (AvgIpc) is 3.16. The Hall–Kier alpha value is -0.430. The van der Waals surface area contributed by atoms with Crippen LogP contribution in [0.4, 0.5) is 0 Å². The van der Waals surface area contributed by atoms with Gasteiger partial charge in [-0.2, -0.15) is 0 Å². The van der Waals surface area contributed by atoms with Crippen LogP contribution in [0.15, 0.2) is 10.3 Å². The van der Waals surface area contributed by atoms with Crippen molar-refractivity contribution in [2.45, 2.75) is 70.0 Å². The zero-order valence-electron chi connectivity index (χ0n) is 12.4. The number of nitrogens with one attached hydrogen (secondary N) is 2. The monoisotopic (exact) mass is 316 g/mol. The summed E-state index contributed by atoms with van der Waals surface area (Å²) in [5.74, 6) is 0. The molecule has 2 rings (SSSR count). The summed E-state index contributed by atoms with van der Waals surface area (Å²) in [6.07, 6.45) is 4.04. The van der Waals surface area contributed by atoms with Gasteiger partial charge < -0.3 is 5.32 Å². The van der Waals surface area contributed by atoms with Gasteiger partial charge in [0.25, 0.3) is 0 Å². The van der Waals surface area contributed by atoms with Gasteiger partial charge >= 0.3 is 0 Å². The summed E-state index contributed by atoms with van der Waals surface area (Å²) >= 11 is 1.53. The molecule has 0 spiro atoms. The average molecular weight is 316 g/mol. The lowest BCUT2D eigenvalue weighted by molar-refractivity contribution is 0.529. The summed E-state index contributed by atoms with van der Waals surface area (Å²) in [5, 5.41) is 5.33. The molecule has 1 heterocycles. The molecule has 1 aliphatic carbocycles. The molecular weight excluding hydrogens is 292 g/mol. The molecule has 0 bridgehead atoms. The van der Waals surface area contributed by atoms with E-state index in [9.17, 15) is 8.42 Å². The van der Waals surface area contributed by atoms with Gasteiger partial charge in [0.05, 0.1) is 0 Å². The van der Waals surface area contributed by atoms with Gasteiger partial charge in [-0.25, -0.2) is 13.1 Å². The second-order valence-corrected chi connectivity index (χ2v) is 8.08. The van der Waals surface area contributed by atoms with Crippen LogP contribution < -0.4 is 10.0 Å². The Morgan fingerprint density at radius 2 is 2.00 bits per heavy atom. The van der Waals surface area contributed by atoms with Gasteiger partial charge in [0.1, 0.15) is 4.90 Å². The van der Waals surface area contributed by atoms with Gasteiger partial charge in [-0.05, 0) is 43.6 Å². The number of aryl methyl sites for hydroxylation is 1. The van der Waals surface area contributed by atoms with Gasteiger partial charge in [0, 0.05) is 23.5 Å². The second-order valence-electron chi connectivity index (χ2n) is 5.46. The summed E-state index contributed by atoms with van der Waals surface area (Å²) in [4.78, 5) is 1.41. The lowest BCUT2D eigenvalue weighted by atomic mass is 10.2. The second kappa shape index (κ2) is 6.56. The van der Waals surface area contributed by atoms with Crippen LogP contribution in [0.5, 0.6) is 0 Å². The number of thiophene rings is 1. The Morgan fingerprint density at radius 3 is 2.55 bits per heavy atom. The molecule has 20 heavy (non-hydrogen) atoms. The molecule has 1 aliphatic rings. The smallest absolute Gasteiger partial charge is 0.242 e. The van der Waals surface area contributed by atoms with Crippen molar-refractivity contribution in [1.82, 2.24) is 10.0 Å². The van der Waals surface area contributed by atoms with E-state index in [4.69, 9.17) is 0 Å². The topological polar surface area (TPSA) is 58.2 Å². The third kappa shape index (κ3) is 3.81. The minimum absolute atomic E-state index is 0.0172. The first-order valence-corrected chi connectivity index (χ1v) is 9.66. The Bertz CT molecular complexity index is 544. The Morgan fingerprint density at radius 1 is 1.35 bits per heavy atom.